The predicted octanol–water partition coefficient (Wildman–Crippen LogP) is 2.81. The molecule has 0 fully saturated rings. The minimum Gasteiger partial charge on any atom is -0.393 e. The second-order valence-corrected chi connectivity index (χ2v) is 5.77. The quantitative estimate of drug-likeness (QED) is 0.728. The van der Waals surface area contributed by atoms with Crippen molar-refractivity contribution in [2.75, 3.05) is 13.2 Å². The lowest BCUT2D eigenvalue weighted by Crippen LogP contribution is -2.14. The number of aliphatic hydroxyl groups is 1. The molecule has 0 aliphatic carbocycles. The third kappa shape index (κ3) is 6.76. The third-order valence-corrected chi connectivity index (χ3v) is 3.50. The zero-order valence-corrected chi connectivity index (χ0v) is 11.8. The van der Waals surface area contributed by atoms with E-state index in [-0.39, 0.29) is 6.10 Å². The monoisotopic (exact) mass is 257 g/mol. The lowest BCUT2D eigenvalue weighted by Gasteiger charge is -2.10. The number of ether oxygens (including phenoxy) is 1. The number of aryl methyl sites for hydroxylation is 1. The second-order valence-electron chi connectivity index (χ2n) is 4.82. The van der Waals surface area contributed by atoms with Gasteiger partial charge in [-0.15, -0.1) is 11.3 Å². The van der Waals surface area contributed by atoms with Crippen LogP contribution in [0.5, 0.6) is 0 Å². The highest BCUT2D eigenvalue weighted by molar-refractivity contribution is 7.09. The average molecular weight is 257 g/mol. The Labute approximate surface area is 108 Å². The number of thiazole rings is 1. The van der Waals surface area contributed by atoms with Crippen LogP contribution in [0.3, 0.4) is 0 Å². The largest absolute Gasteiger partial charge is 0.393 e. The predicted molar refractivity (Wildman–Crippen MR) is 71.5 cm³/mol. The van der Waals surface area contributed by atoms with Crippen molar-refractivity contribution in [3.8, 4) is 0 Å². The maximum absolute atomic E-state index is 9.81. The summed E-state index contributed by atoms with van der Waals surface area (Å²) in [6, 6.07) is 0. The van der Waals surface area contributed by atoms with Gasteiger partial charge in [-0.25, -0.2) is 4.98 Å². The van der Waals surface area contributed by atoms with Gasteiger partial charge in [0.15, 0.2) is 0 Å². The molecule has 1 aromatic rings. The number of hydrogen-bond donors (Lipinski definition) is 1. The molecule has 4 heteroatoms. The number of nitrogens with zero attached hydrogens (tertiary/aromatic N) is 1. The third-order valence-electron chi connectivity index (χ3n) is 2.51. The second kappa shape index (κ2) is 7.80. The first-order valence-corrected chi connectivity index (χ1v) is 7.12. The number of hydrogen-bond acceptors (Lipinski definition) is 4. The maximum Gasteiger partial charge on any atom is 0.0953 e. The summed E-state index contributed by atoms with van der Waals surface area (Å²) in [6.45, 7) is 7.77. The standard InChI is InChI=1S/C13H23NO2S/c1-10(2)4-6-16-7-5-12(15)8-13-14-11(3)9-17-13/h9-10,12,15H,4-8H2,1-3H3. The van der Waals surface area contributed by atoms with Crippen LogP contribution in [0.25, 0.3) is 0 Å². The first-order chi connectivity index (χ1) is 8.08. The minimum atomic E-state index is -0.334. The Morgan fingerprint density at radius 3 is 2.65 bits per heavy atom. The molecule has 1 unspecified atom stereocenters. The van der Waals surface area contributed by atoms with E-state index in [0.717, 1.165) is 23.7 Å². The van der Waals surface area contributed by atoms with Crippen molar-refractivity contribution in [1.82, 2.24) is 4.98 Å². The van der Waals surface area contributed by atoms with Crippen molar-refractivity contribution in [2.45, 2.75) is 46.1 Å². The zero-order valence-electron chi connectivity index (χ0n) is 11.0. The summed E-state index contributed by atoms with van der Waals surface area (Å²) in [7, 11) is 0. The molecule has 0 bridgehead atoms. The molecule has 1 atom stereocenters. The fraction of sp³-hybridized carbons (Fsp3) is 0.769. The van der Waals surface area contributed by atoms with Gasteiger partial charge in [-0.05, 0) is 25.7 Å². The summed E-state index contributed by atoms with van der Waals surface area (Å²) in [6.07, 6.45) is 2.09. The highest BCUT2D eigenvalue weighted by Crippen LogP contribution is 2.12. The van der Waals surface area contributed by atoms with E-state index in [4.69, 9.17) is 4.74 Å². The molecule has 98 valence electrons. The molecule has 0 aromatic carbocycles. The van der Waals surface area contributed by atoms with E-state index in [2.05, 4.69) is 18.8 Å². The number of aromatic nitrogens is 1. The fourth-order valence-electron chi connectivity index (χ4n) is 1.44. The van der Waals surface area contributed by atoms with Gasteiger partial charge in [0.05, 0.1) is 11.1 Å². The van der Waals surface area contributed by atoms with Crippen LogP contribution >= 0.6 is 11.3 Å². The Balaban J connectivity index is 2.07. The van der Waals surface area contributed by atoms with Crippen LogP contribution in [0.1, 0.15) is 37.4 Å². The summed E-state index contributed by atoms with van der Waals surface area (Å²) in [5.74, 6) is 0.679. The Bertz CT molecular complexity index is 312. The van der Waals surface area contributed by atoms with Crippen molar-refractivity contribution in [3.63, 3.8) is 0 Å². The average Bonchev–Trinajstić information content (AvgIpc) is 2.63. The zero-order chi connectivity index (χ0) is 12.7. The number of rotatable bonds is 8. The van der Waals surface area contributed by atoms with Gasteiger partial charge in [0.2, 0.25) is 0 Å². The molecule has 0 aliphatic heterocycles. The van der Waals surface area contributed by atoms with E-state index >= 15 is 0 Å². The van der Waals surface area contributed by atoms with Crippen LogP contribution in [0.15, 0.2) is 5.38 Å². The van der Waals surface area contributed by atoms with Crippen molar-refractivity contribution >= 4 is 11.3 Å². The highest BCUT2D eigenvalue weighted by Gasteiger charge is 2.08. The van der Waals surface area contributed by atoms with Crippen LogP contribution in [-0.2, 0) is 11.2 Å². The van der Waals surface area contributed by atoms with Gasteiger partial charge < -0.3 is 9.84 Å². The normalized spacial score (nSPS) is 13.2. The first-order valence-electron chi connectivity index (χ1n) is 6.24. The van der Waals surface area contributed by atoms with Gasteiger partial charge in [0.1, 0.15) is 0 Å². The molecule has 3 nitrogen and oxygen atoms in total. The lowest BCUT2D eigenvalue weighted by atomic mass is 10.1. The van der Waals surface area contributed by atoms with Gasteiger partial charge in [-0.3, -0.25) is 0 Å². The van der Waals surface area contributed by atoms with E-state index in [9.17, 15) is 5.11 Å². The SMILES string of the molecule is Cc1csc(CC(O)CCOCCC(C)C)n1. The molecular formula is C13H23NO2S. The molecule has 1 N–H and O–H groups in total. The molecule has 0 aliphatic rings. The Hall–Kier alpha value is -0.450. The van der Waals surface area contributed by atoms with E-state index in [1.165, 1.54) is 0 Å². The van der Waals surface area contributed by atoms with Crippen molar-refractivity contribution in [3.05, 3.63) is 16.1 Å². The van der Waals surface area contributed by atoms with Gasteiger partial charge in [0, 0.05) is 30.7 Å². The molecule has 0 radical (unpaired) electrons. The molecular weight excluding hydrogens is 234 g/mol. The van der Waals surface area contributed by atoms with Crippen LogP contribution < -0.4 is 0 Å². The Morgan fingerprint density at radius 2 is 2.06 bits per heavy atom. The van der Waals surface area contributed by atoms with Gasteiger partial charge >= 0.3 is 0 Å². The smallest absolute Gasteiger partial charge is 0.0953 e. The topological polar surface area (TPSA) is 42.4 Å². The van der Waals surface area contributed by atoms with Crippen molar-refractivity contribution in [2.24, 2.45) is 5.92 Å². The van der Waals surface area contributed by atoms with Gasteiger partial charge in [0.25, 0.3) is 0 Å². The molecule has 1 rings (SSSR count). The van der Waals surface area contributed by atoms with Crippen LogP contribution in [0.4, 0.5) is 0 Å². The van der Waals surface area contributed by atoms with E-state index in [0.29, 0.717) is 25.4 Å². The molecule has 17 heavy (non-hydrogen) atoms. The summed E-state index contributed by atoms with van der Waals surface area (Å²) >= 11 is 1.61. The van der Waals surface area contributed by atoms with Crippen molar-refractivity contribution < 1.29 is 9.84 Å². The molecule has 0 saturated carbocycles. The Morgan fingerprint density at radius 1 is 1.35 bits per heavy atom. The van der Waals surface area contributed by atoms with Gasteiger partial charge in [-0.2, -0.15) is 0 Å². The van der Waals surface area contributed by atoms with E-state index < -0.39 is 0 Å². The molecule has 1 heterocycles. The summed E-state index contributed by atoms with van der Waals surface area (Å²) < 4.78 is 5.48. The maximum atomic E-state index is 9.81. The minimum absolute atomic E-state index is 0.334. The van der Waals surface area contributed by atoms with Gasteiger partial charge in [-0.1, -0.05) is 13.8 Å². The fourth-order valence-corrected chi connectivity index (χ4v) is 2.29. The van der Waals surface area contributed by atoms with E-state index in [1.54, 1.807) is 11.3 Å². The van der Waals surface area contributed by atoms with E-state index in [1.807, 2.05) is 12.3 Å². The summed E-state index contributed by atoms with van der Waals surface area (Å²) in [5.41, 5.74) is 1.03. The number of aliphatic hydroxyl groups excluding tert-OH is 1. The van der Waals surface area contributed by atoms with Crippen LogP contribution in [0.2, 0.25) is 0 Å². The van der Waals surface area contributed by atoms with Crippen LogP contribution in [0, 0.1) is 12.8 Å². The van der Waals surface area contributed by atoms with Crippen LogP contribution in [-0.4, -0.2) is 29.4 Å². The Kier molecular flexibility index (Phi) is 6.70. The first kappa shape index (κ1) is 14.6. The lowest BCUT2D eigenvalue weighted by molar-refractivity contribution is 0.0769. The highest BCUT2D eigenvalue weighted by atomic mass is 32.1. The molecule has 0 saturated heterocycles. The molecule has 1 aromatic heterocycles. The molecule has 0 spiro atoms. The summed E-state index contributed by atoms with van der Waals surface area (Å²) in [5, 5.41) is 12.8. The van der Waals surface area contributed by atoms with Crippen molar-refractivity contribution in [1.29, 1.82) is 0 Å². The summed E-state index contributed by atoms with van der Waals surface area (Å²) in [4.78, 5) is 4.34. The molecule has 0 amide bonds.